The number of morpholine rings is 1. The Morgan fingerprint density at radius 3 is 2.96 bits per heavy atom. The molecule has 3 N–H and O–H groups in total. The minimum atomic E-state index is -0.425. The average Bonchev–Trinajstić information content (AvgIpc) is 2.95. The van der Waals surface area contributed by atoms with Gasteiger partial charge in [0.1, 0.15) is 11.9 Å². The number of rotatable bonds is 5. The predicted molar refractivity (Wildman–Crippen MR) is 100 cm³/mol. The molecule has 0 unspecified atom stereocenters. The van der Waals surface area contributed by atoms with Crippen LogP contribution in [0.4, 0.5) is 5.69 Å². The third kappa shape index (κ3) is 5.08. The minimum absolute atomic E-state index is 0. The van der Waals surface area contributed by atoms with Crippen molar-refractivity contribution in [1.29, 1.82) is 0 Å². The highest BCUT2D eigenvalue weighted by atomic mass is 35.5. The summed E-state index contributed by atoms with van der Waals surface area (Å²) in [7, 11) is 0. The lowest BCUT2D eigenvalue weighted by atomic mass is 10.2. The van der Waals surface area contributed by atoms with Crippen LogP contribution in [0.2, 0.25) is 0 Å². The number of hydrogen-bond acceptors (Lipinski definition) is 4. The van der Waals surface area contributed by atoms with E-state index in [1.54, 1.807) is 0 Å². The van der Waals surface area contributed by atoms with E-state index < -0.39 is 6.10 Å². The number of anilines is 1. The van der Waals surface area contributed by atoms with Crippen molar-refractivity contribution in [2.45, 2.75) is 32.3 Å². The molecule has 134 valence electrons. The van der Waals surface area contributed by atoms with Gasteiger partial charge in [-0.1, -0.05) is 13.3 Å². The SMILES string of the molecule is CCCCc1nc2ccc(NC(=O)[C@H]3CNCCO3)cc2[nH]1.Cl.Cl. The van der Waals surface area contributed by atoms with Crippen molar-refractivity contribution >= 4 is 47.4 Å². The molecule has 1 aliphatic heterocycles. The van der Waals surface area contributed by atoms with Crippen molar-refractivity contribution in [1.82, 2.24) is 15.3 Å². The molecule has 0 bridgehead atoms. The van der Waals surface area contributed by atoms with Crippen LogP contribution in [0.1, 0.15) is 25.6 Å². The monoisotopic (exact) mass is 374 g/mol. The zero-order valence-corrected chi connectivity index (χ0v) is 15.3. The van der Waals surface area contributed by atoms with Crippen molar-refractivity contribution in [2.75, 3.05) is 25.0 Å². The van der Waals surface area contributed by atoms with Gasteiger partial charge in [-0.15, -0.1) is 24.8 Å². The predicted octanol–water partition coefficient (Wildman–Crippen LogP) is 2.68. The molecule has 1 aromatic heterocycles. The number of carbonyl (C=O) groups excluding carboxylic acids is 1. The number of hydrogen-bond donors (Lipinski definition) is 3. The number of benzene rings is 1. The lowest BCUT2D eigenvalue weighted by Crippen LogP contribution is -2.45. The Labute approximate surface area is 154 Å². The molecule has 0 aliphatic carbocycles. The smallest absolute Gasteiger partial charge is 0.254 e. The molecule has 0 spiro atoms. The standard InChI is InChI=1S/C16H22N4O2.2ClH/c1-2-3-4-15-19-12-6-5-11(9-13(12)20-15)18-16(21)14-10-17-7-8-22-14;;/h5-6,9,14,17H,2-4,7-8,10H2,1H3,(H,18,21)(H,19,20);2*1H/t14-;;/m1../s1. The second kappa shape index (κ2) is 9.84. The van der Waals surface area contributed by atoms with Crippen LogP contribution in [-0.2, 0) is 16.0 Å². The topological polar surface area (TPSA) is 79.0 Å². The first-order valence-corrected chi connectivity index (χ1v) is 7.88. The molecule has 1 aliphatic rings. The summed E-state index contributed by atoms with van der Waals surface area (Å²) in [4.78, 5) is 20.0. The Morgan fingerprint density at radius 1 is 1.42 bits per heavy atom. The quantitative estimate of drug-likeness (QED) is 0.751. The molecule has 8 heteroatoms. The van der Waals surface area contributed by atoms with Gasteiger partial charge < -0.3 is 20.4 Å². The second-order valence-corrected chi connectivity index (χ2v) is 5.57. The van der Waals surface area contributed by atoms with E-state index in [9.17, 15) is 4.79 Å². The highest BCUT2D eigenvalue weighted by Crippen LogP contribution is 2.18. The van der Waals surface area contributed by atoms with Crippen LogP contribution < -0.4 is 10.6 Å². The van der Waals surface area contributed by atoms with Gasteiger partial charge in [-0.05, 0) is 24.6 Å². The van der Waals surface area contributed by atoms with Gasteiger partial charge in [-0.3, -0.25) is 4.79 Å². The first-order chi connectivity index (χ1) is 10.8. The fourth-order valence-corrected chi connectivity index (χ4v) is 2.56. The zero-order chi connectivity index (χ0) is 15.4. The van der Waals surface area contributed by atoms with Crippen molar-refractivity contribution in [3.8, 4) is 0 Å². The van der Waals surface area contributed by atoms with E-state index in [1.165, 1.54) is 0 Å². The molecule has 24 heavy (non-hydrogen) atoms. The Bertz CT molecular complexity index is 657. The maximum absolute atomic E-state index is 12.1. The molecule has 2 aromatic rings. The van der Waals surface area contributed by atoms with E-state index in [-0.39, 0.29) is 30.7 Å². The van der Waals surface area contributed by atoms with E-state index in [2.05, 4.69) is 27.5 Å². The number of aromatic amines is 1. The third-order valence-electron chi connectivity index (χ3n) is 3.79. The Balaban J connectivity index is 0.00000144. The van der Waals surface area contributed by atoms with E-state index in [0.717, 1.165) is 48.4 Å². The number of aromatic nitrogens is 2. The number of H-pyrrole nitrogens is 1. The third-order valence-corrected chi connectivity index (χ3v) is 3.79. The molecule has 0 radical (unpaired) electrons. The molecule has 0 saturated carbocycles. The first kappa shape index (κ1) is 20.7. The molecule has 1 aromatic carbocycles. The summed E-state index contributed by atoms with van der Waals surface area (Å²) in [6.45, 7) is 4.08. The summed E-state index contributed by atoms with van der Waals surface area (Å²) in [5.41, 5.74) is 2.64. The number of aryl methyl sites for hydroxylation is 1. The normalized spacial score (nSPS) is 17.0. The molecular formula is C16H24Cl2N4O2. The van der Waals surface area contributed by atoms with Crippen LogP contribution in [0.3, 0.4) is 0 Å². The Kier molecular flexibility index (Phi) is 8.48. The number of ether oxygens (including phenoxy) is 1. The molecule has 2 heterocycles. The fourth-order valence-electron chi connectivity index (χ4n) is 2.56. The number of unbranched alkanes of at least 4 members (excludes halogenated alkanes) is 1. The molecule has 1 saturated heterocycles. The van der Waals surface area contributed by atoms with Gasteiger partial charge in [0, 0.05) is 25.2 Å². The van der Waals surface area contributed by atoms with Gasteiger partial charge in [-0.25, -0.2) is 4.98 Å². The Hall–Kier alpha value is -1.34. The van der Waals surface area contributed by atoms with Gasteiger partial charge in [0.05, 0.1) is 17.6 Å². The molecule has 3 rings (SSSR count). The molecule has 1 fully saturated rings. The van der Waals surface area contributed by atoms with Gasteiger partial charge in [0.15, 0.2) is 0 Å². The summed E-state index contributed by atoms with van der Waals surface area (Å²) < 4.78 is 5.45. The highest BCUT2D eigenvalue weighted by Gasteiger charge is 2.21. The fraction of sp³-hybridized carbons (Fsp3) is 0.500. The maximum Gasteiger partial charge on any atom is 0.254 e. The Morgan fingerprint density at radius 2 is 2.25 bits per heavy atom. The van der Waals surface area contributed by atoms with Crippen LogP contribution in [0.25, 0.3) is 11.0 Å². The van der Waals surface area contributed by atoms with Crippen LogP contribution in [0, 0.1) is 0 Å². The highest BCUT2D eigenvalue weighted by molar-refractivity contribution is 5.96. The molecule has 1 atom stereocenters. The number of imidazole rings is 1. The molecule has 1 amide bonds. The van der Waals surface area contributed by atoms with Crippen molar-refractivity contribution in [2.24, 2.45) is 0 Å². The number of fused-ring (bicyclic) bond motifs is 1. The van der Waals surface area contributed by atoms with Crippen molar-refractivity contribution < 1.29 is 9.53 Å². The van der Waals surface area contributed by atoms with Gasteiger partial charge >= 0.3 is 0 Å². The number of halogens is 2. The summed E-state index contributed by atoms with van der Waals surface area (Å²) in [5.74, 6) is 0.886. The van der Waals surface area contributed by atoms with E-state index in [4.69, 9.17) is 4.74 Å². The van der Waals surface area contributed by atoms with E-state index >= 15 is 0 Å². The van der Waals surface area contributed by atoms with E-state index in [0.29, 0.717) is 13.2 Å². The van der Waals surface area contributed by atoms with Crippen LogP contribution in [0.15, 0.2) is 18.2 Å². The number of amides is 1. The van der Waals surface area contributed by atoms with Crippen LogP contribution in [0.5, 0.6) is 0 Å². The number of carbonyl (C=O) groups is 1. The van der Waals surface area contributed by atoms with Crippen molar-refractivity contribution in [3.63, 3.8) is 0 Å². The van der Waals surface area contributed by atoms with E-state index in [1.807, 2.05) is 18.2 Å². The van der Waals surface area contributed by atoms with Crippen molar-refractivity contribution in [3.05, 3.63) is 24.0 Å². The number of nitrogens with zero attached hydrogens (tertiary/aromatic N) is 1. The van der Waals surface area contributed by atoms with Gasteiger partial charge in [-0.2, -0.15) is 0 Å². The summed E-state index contributed by atoms with van der Waals surface area (Å²) in [6, 6.07) is 5.73. The second-order valence-electron chi connectivity index (χ2n) is 5.57. The summed E-state index contributed by atoms with van der Waals surface area (Å²) >= 11 is 0. The summed E-state index contributed by atoms with van der Waals surface area (Å²) in [6.07, 6.45) is 2.80. The average molecular weight is 375 g/mol. The lowest BCUT2D eigenvalue weighted by Gasteiger charge is -2.22. The summed E-state index contributed by atoms with van der Waals surface area (Å²) in [5, 5.41) is 6.06. The minimum Gasteiger partial charge on any atom is -0.366 e. The first-order valence-electron chi connectivity index (χ1n) is 7.88. The largest absolute Gasteiger partial charge is 0.366 e. The molecule has 6 nitrogen and oxygen atoms in total. The zero-order valence-electron chi connectivity index (χ0n) is 13.6. The van der Waals surface area contributed by atoms with Gasteiger partial charge in [0.2, 0.25) is 0 Å². The molecular weight excluding hydrogens is 351 g/mol. The van der Waals surface area contributed by atoms with Crippen LogP contribution in [-0.4, -0.2) is 41.7 Å². The maximum atomic E-state index is 12.1. The van der Waals surface area contributed by atoms with Crippen LogP contribution >= 0.6 is 24.8 Å². The van der Waals surface area contributed by atoms with Gasteiger partial charge in [0.25, 0.3) is 5.91 Å². The lowest BCUT2D eigenvalue weighted by molar-refractivity contribution is -0.128. The number of nitrogens with one attached hydrogen (secondary N) is 3.